The van der Waals surface area contributed by atoms with Gasteiger partial charge in [0.05, 0.1) is 11.8 Å². The van der Waals surface area contributed by atoms with E-state index >= 15 is 0 Å². The van der Waals surface area contributed by atoms with Gasteiger partial charge in [0.2, 0.25) is 11.8 Å². The first-order valence-corrected chi connectivity index (χ1v) is 7.72. The molecule has 2 rings (SSSR count). The maximum absolute atomic E-state index is 12.5. The van der Waals surface area contributed by atoms with E-state index in [1.165, 1.54) is 0 Å². The molecule has 1 saturated heterocycles. The van der Waals surface area contributed by atoms with E-state index in [0.717, 1.165) is 6.42 Å². The van der Waals surface area contributed by atoms with Crippen LogP contribution in [0.4, 0.5) is 0 Å². The maximum Gasteiger partial charge on any atom is 0.307 e. The Morgan fingerprint density at radius 3 is 2.00 bits per heavy atom. The molecular weight excluding hydrogens is 272 g/mol. The summed E-state index contributed by atoms with van der Waals surface area (Å²) < 4.78 is 0. The highest BCUT2D eigenvalue weighted by Crippen LogP contribution is 2.33. The smallest absolute Gasteiger partial charge is 0.307 e. The second-order valence-electron chi connectivity index (χ2n) is 6.29. The fourth-order valence-corrected chi connectivity index (χ4v) is 3.30. The third kappa shape index (κ3) is 3.36. The van der Waals surface area contributed by atoms with Gasteiger partial charge in [-0.3, -0.25) is 14.4 Å². The third-order valence-electron chi connectivity index (χ3n) is 4.55. The number of nitrogens with zero attached hydrogens (tertiary/aromatic N) is 2. The van der Waals surface area contributed by atoms with E-state index in [1.54, 1.807) is 9.80 Å². The molecule has 2 atom stereocenters. The van der Waals surface area contributed by atoms with Crippen molar-refractivity contribution in [3.63, 3.8) is 0 Å². The van der Waals surface area contributed by atoms with Crippen LogP contribution in [-0.4, -0.2) is 58.9 Å². The highest BCUT2D eigenvalue weighted by Gasteiger charge is 2.40. The average Bonchev–Trinajstić information content (AvgIpc) is 2.95. The zero-order valence-corrected chi connectivity index (χ0v) is 12.7. The Morgan fingerprint density at radius 2 is 1.48 bits per heavy atom. The molecule has 0 spiro atoms. The van der Waals surface area contributed by atoms with Gasteiger partial charge in [-0.2, -0.15) is 0 Å². The standard InChI is InChI=1S/C15H24N2O4/c1-10(2)13(18)16-6-8-17(9-7-16)14(19)11-4-3-5-12(11)15(20)21/h10-12H,3-9H2,1-2H3,(H,20,21). The van der Waals surface area contributed by atoms with Crippen molar-refractivity contribution < 1.29 is 19.5 Å². The molecule has 2 aliphatic rings. The summed E-state index contributed by atoms with van der Waals surface area (Å²) in [4.78, 5) is 39.1. The second kappa shape index (κ2) is 6.45. The topological polar surface area (TPSA) is 77.9 Å². The van der Waals surface area contributed by atoms with Crippen molar-refractivity contribution in [2.45, 2.75) is 33.1 Å². The molecule has 1 aliphatic carbocycles. The SMILES string of the molecule is CC(C)C(=O)N1CCN(C(=O)C2CCCC2C(=O)O)CC1. The summed E-state index contributed by atoms with van der Waals surface area (Å²) >= 11 is 0. The molecule has 2 unspecified atom stereocenters. The van der Waals surface area contributed by atoms with E-state index in [0.29, 0.717) is 39.0 Å². The fraction of sp³-hybridized carbons (Fsp3) is 0.800. The number of carboxylic acids is 1. The van der Waals surface area contributed by atoms with Gasteiger partial charge in [0.25, 0.3) is 0 Å². The van der Waals surface area contributed by atoms with E-state index in [1.807, 2.05) is 13.8 Å². The van der Waals surface area contributed by atoms with Crippen LogP contribution in [0.5, 0.6) is 0 Å². The summed E-state index contributed by atoms with van der Waals surface area (Å²) in [5.74, 6) is -1.73. The zero-order chi connectivity index (χ0) is 15.6. The molecule has 0 aromatic carbocycles. The van der Waals surface area contributed by atoms with Crippen LogP contribution in [0.1, 0.15) is 33.1 Å². The Labute approximate surface area is 125 Å². The number of piperazine rings is 1. The van der Waals surface area contributed by atoms with Gasteiger partial charge in [0, 0.05) is 32.1 Å². The van der Waals surface area contributed by atoms with E-state index in [2.05, 4.69) is 0 Å². The Hall–Kier alpha value is -1.59. The number of hydrogen-bond donors (Lipinski definition) is 1. The lowest BCUT2D eigenvalue weighted by Gasteiger charge is -2.37. The number of rotatable bonds is 3. The lowest BCUT2D eigenvalue weighted by atomic mass is 9.94. The lowest BCUT2D eigenvalue weighted by molar-refractivity contribution is -0.150. The Balaban J connectivity index is 1.91. The van der Waals surface area contributed by atoms with Crippen LogP contribution in [0.3, 0.4) is 0 Å². The molecule has 0 aromatic rings. The zero-order valence-electron chi connectivity index (χ0n) is 12.7. The molecule has 118 valence electrons. The van der Waals surface area contributed by atoms with E-state index in [-0.39, 0.29) is 23.7 Å². The lowest BCUT2D eigenvalue weighted by Crippen LogP contribution is -2.53. The van der Waals surface area contributed by atoms with Crippen molar-refractivity contribution in [2.24, 2.45) is 17.8 Å². The predicted molar refractivity (Wildman–Crippen MR) is 76.5 cm³/mol. The molecule has 1 heterocycles. The molecule has 2 amide bonds. The number of carboxylic acid groups (broad SMARTS) is 1. The Bertz CT molecular complexity index is 427. The minimum Gasteiger partial charge on any atom is -0.481 e. The first kappa shape index (κ1) is 15.8. The van der Waals surface area contributed by atoms with Crippen LogP contribution in [0.2, 0.25) is 0 Å². The van der Waals surface area contributed by atoms with Gasteiger partial charge in [-0.25, -0.2) is 0 Å². The molecule has 0 radical (unpaired) electrons. The molecule has 21 heavy (non-hydrogen) atoms. The molecular formula is C15H24N2O4. The molecule has 6 nitrogen and oxygen atoms in total. The van der Waals surface area contributed by atoms with Gasteiger partial charge < -0.3 is 14.9 Å². The van der Waals surface area contributed by atoms with Crippen molar-refractivity contribution in [3.8, 4) is 0 Å². The fourth-order valence-electron chi connectivity index (χ4n) is 3.30. The van der Waals surface area contributed by atoms with Gasteiger partial charge in [0.15, 0.2) is 0 Å². The Kier molecular flexibility index (Phi) is 4.85. The number of amides is 2. The summed E-state index contributed by atoms with van der Waals surface area (Å²) in [5, 5.41) is 9.18. The monoisotopic (exact) mass is 296 g/mol. The van der Waals surface area contributed by atoms with Crippen LogP contribution in [0.25, 0.3) is 0 Å². The van der Waals surface area contributed by atoms with Crippen molar-refractivity contribution >= 4 is 17.8 Å². The highest BCUT2D eigenvalue weighted by molar-refractivity contribution is 5.85. The van der Waals surface area contributed by atoms with Gasteiger partial charge in [-0.1, -0.05) is 20.3 Å². The van der Waals surface area contributed by atoms with Gasteiger partial charge in [-0.05, 0) is 12.8 Å². The molecule has 1 N–H and O–H groups in total. The number of carbonyl (C=O) groups excluding carboxylic acids is 2. The molecule has 2 fully saturated rings. The van der Waals surface area contributed by atoms with Crippen molar-refractivity contribution in [1.29, 1.82) is 0 Å². The van der Waals surface area contributed by atoms with Crippen LogP contribution in [0.15, 0.2) is 0 Å². The number of carbonyl (C=O) groups is 3. The van der Waals surface area contributed by atoms with Crippen LogP contribution in [-0.2, 0) is 14.4 Å². The number of aliphatic carboxylic acids is 1. The highest BCUT2D eigenvalue weighted by atomic mass is 16.4. The molecule has 6 heteroatoms. The van der Waals surface area contributed by atoms with Crippen LogP contribution in [0, 0.1) is 17.8 Å². The Morgan fingerprint density at radius 1 is 0.952 bits per heavy atom. The van der Waals surface area contributed by atoms with Gasteiger partial charge >= 0.3 is 5.97 Å². The third-order valence-corrected chi connectivity index (χ3v) is 4.55. The predicted octanol–water partition coefficient (Wildman–Crippen LogP) is 0.814. The molecule has 1 aliphatic heterocycles. The summed E-state index contributed by atoms with van der Waals surface area (Å²) in [6.07, 6.45) is 2.07. The first-order chi connectivity index (χ1) is 9.91. The van der Waals surface area contributed by atoms with Crippen molar-refractivity contribution in [1.82, 2.24) is 9.80 Å². The van der Waals surface area contributed by atoms with E-state index in [4.69, 9.17) is 0 Å². The second-order valence-corrected chi connectivity index (χ2v) is 6.29. The van der Waals surface area contributed by atoms with Gasteiger partial charge in [0.1, 0.15) is 0 Å². The van der Waals surface area contributed by atoms with Crippen LogP contribution < -0.4 is 0 Å². The first-order valence-electron chi connectivity index (χ1n) is 7.72. The van der Waals surface area contributed by atoms with E-state index < -0.39 is 11.9 Å². The normalized spacial score (nSPS) is 26.2. The summed E-state index contributed by atoms with van der Waals surface area (Å²) in [6.45, 7) is 5.87. The minimum absolute atomic E-state index is 0.0292. The molecule has 0 aromatic heterocycles. The summed E-state index contributed by atoms with van der Waals surface area (Å²) in [5.41, 5.74) is 0. The van der Waals surface area contributed by atoms with Crippen molar-refractivity contribution in [3.05, 3.63) is 0 Å². The van der Waals surface area contributed by atoms with Crippen LogP contribution >= 0.6 is 0 Å². The van der Waals surface area contributed by atoms with Gasteiger partial charge in [-0.15, -0.1) is 0 Å². The molecule has 0 bridgehead atoms. The summed E-state index contributed by atoms with van der Waals surface area (Å²) in [6, 6.07) is 0. The quantitative estimate of drug-likeness (QED) is 0.836. The largest absolute Gasteiger partial charge is 0.481 e. The van der Waals surface area contributed by atoms with E-state index in [9.17, 15) is 19.5 Å². The number of hydrogen-bond acceptors (Lipinski definition) is 3. The molecule has 1 saturated carbocycles. The summed E-state index contributed by atoms with van der Waals surface area (Å²) in [7, 11) is 0. The average molecular weight is 296 g/mol. The minimum atomic E-state index is -0.862. The maximum atomic E-state index is 12.5. The van der Waals surface area contributed by atoms with Crippen molar-refractivity contribution in [2.75, 3.05) is 26.2 Å².